The minimum atomic E-state index is -0.822. The number of nitrogens with two attached hydrogens (primary N) is 1. The third-order valence-corrected chi connectivity index (χ3v) is 2.36. The topological polar surface area (TPSA) is 92.4 Å². The van der Waals surface area contributed by atoms with Gasteiger partial charge in [-0.3, -0.25) is 9.59 Å². The maximum Gasteiger partial charge on any atom is 0.303 e. The second-order valence-corrected chi connectivity index (χ2v) is 5.08. The molecule has 0 heterocycles. The lowest BCUT2D eigenvalue weighted by molar-refractivity contribution is -0.138. The maximum absolute atomic E-state index is 11.4. The maximum atomic E-state index is 11.4. The first kappa shape index (κ1) is 15.9. The zero-order valence-corrected chi connectivity index (χ0v) is 10.9. The minimum absolute atomic E-state index is 0.00969. The molecule has 0 aromatic heterocycles. The van der Waals surface area contributed by atoms with Gasteiger partial charge in [-0.15, -0.1) is 0 Å². The quantitative estimate of drug-likeness (QED) is 0.593. The summed E-state index contributed by atoms with van der Waals surface area (Å²) in [7, 11) is 0. The van der Waals surface area contributed by atoms with Gasteiger partial charge in [0.1, 0.15) is 0 Å². The summed E-state index contributed by atoms with van der Waals surface area (Å²) in [5.41, 5.74) is 5.51. The summed E-state index contributed by atoms with van der Waals surface area (Å²) in [6.45, 7) is 6.26. The van der Waals surface area contributed by atoms with Crippen molar-refractivity contribution in [3.8, 4) is 0 Å². The summed E-state index contributed by atoms with van der Waals surface area (Å²) in [6, 6.07) is -0.168. The number of carbonyl (C=O) groups excluding carboxylic acids is 1. The van der Waals surface area contributed by atoms with E-state index in [1.165, 1.54) is 0 Å². The number of carbonyl (C=O) groups is 2. The van der Waals surface area contributed by atoms with E-state index in [2.05, 4.69) is 5.32 Å². The number of amides is 1. The van der Waals surface area contributed by atoms with Crippen molar-refractivity contribution in [2.24, 2.45) is 17.6 Å². The number of hydrogen-bond acceptors (Lipinski definition) is 3. The van der Waals surface area contributed by atoms with Crippen LogP contribution in [0.3, 0.4) is 0 Å². The molecule has 0 bridgehead atoms. The van der Waals surface area contributed by atoms with E-state index in [4.69, 9.17) is 10.8 Å². The second kappa shape index (κ2) is 8.06. The molecule has 0 saturated carbocycles. The Morgan fingerprint density at radius 2 is 1.82 bits per heavy atom. The van der Waals surface area contributed by atoms with Gasteiger partial charge < -0.3 is 16.2 Å². The Bertz CT molecular complexity index is 252. The molecule has 0 radical (unpaired) electrons. The lowest BCUT2D eigenvalue weighted by atomic mass is 9.94. The van der Waals surface area contributed by atoms with Crippen molar-refractivity contribution in [2.45, 2.75) is 46.1 Å². The van der Waals surface area contributed by atoms with Crippen molar-refractivity contribution >= 4 is 11.9 Å². The normalized spacial score (nSPS) is 14.4. The molecule has 0 rings (SSSR count). The van der Waals surface area contributed by atoms with Crippen molar-refractivity contribution in [1.82, 2.24) is 5.32 Å². The predicted molar refractivity (Wildman–Crippen MR) is 66.5 cm³/mol. The largest absolute Gasteiger partial charge is 0.481 e. The van der Waals surface area contributed by atoms with Crippen LogP contribution in [0.25, 0.3) is 0 Å². The average Bonchev–Trinajstić information content (AvgIpc) is 2.11. The number of carboxylic acids is 1. The molecule has 1 amide bonds. The Morgan fingerprint density at radius 1 is 1.24 bits per heavy atom. The third kappa shape index (κ3) is 9.81. The first-order valence-electron chi connectivity index (χ1n) is 6.05. The molecule has 0 aliphatic heterocycles. The van der Waals surface area contributed by atoms with Gasteiger partial charge in [-0.25, -0.2) is 0 Å². The highest BCUT2D eigenvalue weighted by atomic mass is 16.4. The molecule has 4 N–H and O–H groups in total. The molecule has 2 atom stereocenters. The molecule has 100 valence electrons. The van der Waals surface area contributed by atoms with Gasteiger partial charge in [-0.2, -0.15) is 0 Å². The summed E-state index contributed by atoms with van der Waals surface area (Å²) in [6.07, 6.45) is 1.17. The molecule has 0 aliphatic carbocycles. The van der Waals surface area contributed by atoms with Crippen LogP contribution < -0.4 is 11.1 Å². The SMILES string of the molecule is CC(C)CC(CNC(=O)CC(C)N)CC(=O)O. The van der Waals surface area contributed by atoms with E-state index in [-0.39, 0.29) is 30.7 Å². The van der Waals surface area contributed by atoms with Gasteiger partial charge >= 0.3 is 5.97 Å². The number of nitrogens with one attached hydrogen (secondary N) is 1. The molecule has 0 fully saturated rings. The Morgan fingerprint density at radius 3 is 2.24 bits per heavy atom. The molecule has 0 aliphatic rings. The lowest BCUT2D eigenvalue weighted by Crippen LogP contribution is -2.34. The first-order valence-corrected chi connectivity index (χ1v) is 6.05. The molecular formula is C12H24N2O3. The third-order valence-electron chi connectivity index (χ3n) is 2.36. The van der Waals surface area contributed by atoms with E-state index >= 15 is 0 Å². The first-order chi connectivity index (χ1) is 7.81. The summed E-state index contributed by atoms with van der Waals surface area (Å²) in [4.78, 5) is 22.1. The lowest BCUT2D eigenvalue weighted by Gasteiger charge is -2.18. The summed E-state index contributed by atoms with van der Waals surface area (Å²) < 4.78 is 0. The van der Waals surface area contributed by atoms with Gasteiger partial charge in [-0.1, -0.05) is 13.8 Å². The molecule has 2 unspecified atom stereocenters. The van der Waals surface area contributed by atoms with Crippen LogP contribution in [0.1, 0.15) is 40.0 Å². The summed E-state index contributed by atoms with van der Waals surface area (Å²) >= 11 is 0. The van der Waals surface area contributed by atoms with Gasteiger partial charge in [0.2, 0.25) is 5.91 Å². The number of hydrogen-bond donors (Lipinski definition) is 3. The Balaban J connectivity index is 4.06. The van der Waals surface area contributed by atoms with Crippen LogP contribution in [0.4, 0.5) is 0 Å². The number of rotatable bonds is 8. The van der Waals surface area contributed by atoms with Crippen LogP contribution >= 0.6 is 0 Å². The van der Waals surface area contributed by atoms with Crippen LogP contribution in [0, 0.1) is 11.8 Å². The Kier molecular flexibility index (Phi) is 7.54. The van der Waals surface area contributed by atoms with E-state index in [1.807, 2.05) is 13.8 Å². The standard InChI is InChI=1S/C12H24N2O3/c1-8(2)4-10(6-12(16)17)7-14-11(15)5-9(3)13/h8-10H,4-7,13H2,1-3H3,(H,14,15)(H,16,17). The smallest absolute Gasteiger partial charge is 0.303 e. The van der Waals surface area contributed by atoms with Crippen LogP contribution in [-0.2, 0) is 9.59 Å². The van der Waals surface area contributed by atoms with Crippen LogP contribution in [-0.4, -0.2) is 29.6 Å². The highest BCUT2D eigenvalue weighted by molar-refractivity contribution is 5.76. The van der Waals surface area contributed by atoms with E-state index in [9.17, 15) is 9.59 Å². The summed E-state index contributed by atoms with van der Waals surface area (Å²) in [5.74, 6) is -0.523. The zero-order valence-electron chi connectivity index (χ0n) is 10.9. The van der Waals surface area contributed by atoms with E-state index in [1.54, 1.807) is 6.92 Å². The molecule has 5 nitrogen and oxygen atoms in total. The zero-order chi connectivity index (χ0) is 13.4. The molecule has 0 spiro atoms. The van der Waals surface area contributed by atoms with Crippen molar-refractivity contribution in [2.75, 3.05) is 6.54 Å². The number of aliphatic carboxylic acids is 1. The summed E-state index contributed by atoms with van der Waals surface area (Å²) in [5, 5.41) is 11.5. The minimum Gasteiger partial charge on any atom is -0.481 e. The van der Waals surface area contributed by atoms with Crippen LogP contribution in [0.15, 0.2) is 0 Å². The molecule has 0 saturated heterocycles. The monoisotopic (exact) mass is 244 g/mol. The second-order valence-electron chi connectivity index (χ2n) is 5.08. The average molecular weight is 244 g/mol. The predicted octanol–water partition coefficient (Wildman–Crippen LogP) is 0.977. The highest BCUT2D eigenvalue weighted by Gasteiger charge is 2.16. The van der Waals surface area contributed by atoms with Crippen LogP contribution in [0.2, 0.25) is 0 Å². The fourth-order valence-corrected chi connectivity index (χ4v) is 1.78. The fourth-order valence-electron chi connectivity index (χ4n) is 1.78. The van der Waals surface area contributed by atoms with E-state index in [0.29, 0.717) is 12.5 Å². The fraction of sp³-hybridized carbons (Fsp3) is 0.833. The Hall–Kier alpha value is -1.10. The van der Waals surface area contributed by atoms with Gasteiger partial charge in [-0.05, 0) is 25.2 Å². The molecular weight excluding hydrogens is 220 g/mol. The molecule has 17 heavy (non-hydrogen) atoms. The van der Waals surface area contributed by atoms with Gasteiger partial charge in [0.05, 0.1) is 0 Å². The van der Waals surface area contributed by atoms with E-state index < -0.39 is 5.97 Å². The van der Waals surface area contributed by atoms with Crippen molar-refractivity contribution < 1.29 is 14.7 Å². The molecule has 5 heteroatoms. The van der Waals surface area contributed by atoms with Crippen molar-refractivity contribution in [3.05, 3.63) is 0 Å². The van der Waals surface area contributed by atoms with Gasteiger partial charge in [0, 0.05) is 25.4 Å². The van der Waals surface area contributed by atoms with Crippen molar-refractivity contribution in [1.29, 1.82) is 0 Å². The van der Waals surface area contributed by atoms with E-state index in [0.717, 1.165) is 6.42 Å². The van der Waals surface area contributed by atoms with Gasteiger partial charge in [0.25, 0.3) is 0 Å². The number of carboxylic acid groups (broad SMARTS) is 1. The van der Waals surface area contributed by atoms with Crippen molar-refractivity contribution in [3.63, 3.8) is 0 Å². The van der Waals surface area contributed by atoms with Crippen LogP contribution in [0.5, 0.6) is 0 Å². The Labute approximate surface area is 103 Å². The molecule has 0 aromatic carbocycles. The van der Waals surface area contributed by atoms with Gasteiger partial charge in [0.15, 0.2) is 0 Å². The highest BCUT2D eigenvalue weighted by Crippen LogP contribution is 2.14. The molecule has 0 aromatic rings.